The van der Waals surface area contributed by atoms with Gasteiger partial charge in [-0.3, -0.25) is 0 Å². The fraction of sp³-hybridized carbons (Fsp3) is 0.533. The van der Waals surface area contributed by atoms with Gasteiger partial charge in [-0.2, -0.15) is 0 Å². The molecule has 1 aliphatic heterocycles. The fourth-order valence-electron chi connectivity index (χ4n) is 2.57. The van der Waals surface area contributed by atoms with Gasteiger partial charge in [0.15, 0.2) is 0 Å². The molecular weight excluding hydrogens is 224 g/mol. The highest BCUT2D eigenvalue weighted by Crippen LogP contribution is 2.21. The van der Waals surface area contributed by atoms with Gasteiger partial charge in [0.2, 0.25) is 0 Å². The normalized spacial score (nSPS) is 19.7. The molecule has 2 amide bonds. The van der Waals surface area contributed by atoms with Crippen LogP contribution in [0.2, 0.25) is 0 Å². The van der Waals surface area contributed by atoms with E-state index in [-0.39, 0.29) is 6.03 Å². The maximum absolute atomic E-state index is 12.2. The predicted octanol–water partition coefficient (Wildman–Crippen LogP) is 3.57. The maximum atomic E-state index is 12.2. The second-order valence-corrected chi connectivity index (χ2v) is 5.39. The van der Waals surface area contributed by atoms with Crippen molar-refractivity contribution in [3.8, 4) is 0 Å². The van der Waals surface area contributed by atoms with Gasteiger partial charge in [0.05, 0.1) is 0 Å². The summed E-state index contributed by atoms with van der Waals surface area (Å²) in [4.78, 5) is 14.2. The van der Waals surface area contributed by atoms with Crippen molar-refractivity contribution in [2.75, 3.05) is 18.4 Å². The van der Waals surface area contributed by atoms with Crippen molar-refractivity contribution in [3.63, 3.8) is 0 Å². The Balaban J connectivity index is 2.07. The Labute approximate surface area is 109 Å². The van der Waals surface area contributed by atoms with E-state index in [4.69, 9.17) is 0 Å². The minimum absolute atomic E-state index is 0.0407. The molecule has 98 valence electrons. The van der Waals surface area contributed by atoms with Gasteiger partial charge < -0.3 is 10.2 Å². The third-order valence-corrected chi connectivity index (χ3v) is 3.66. The van der Waals surface area contributed by atoms with Gasteiger partial charge >= 0.3 is 6.03 Å². The van der Waals surface area contributed by atoms with Crippen LogP contribution in [0.4, 0.5) is 10.5 Å². The van der Waals surface area contributed by atoms with Crippen molar-refractivity contribution in [1.82, 2.24) is 4.90 Å². The zero-order chi connectivity index (χ0) is 13.1. The van der Waals surface area contributed by atoms with Crippen molar-refractivity contribution >= 4 is 11.7 Å². The molecule has 18 heavy (non-hydrogen) atoms. The standard InChI is InChI=1S/C15H22N2O/c1-11-6-5-9-17(10-11)15(18)16-14-12(2)7-4-8-13(14)3/h4,7-8,11H,5-6,9-10H2,1-3H3,(H,16,18). The number of aryl methyl sites for hydroxylation is 2. The largest absolute Gasteiger partial charge is 0.324 e. The van der Waals surface area contributed by atoms with E-state index in [1.165, 1.54) is 6.42 Å². The third kappa shape index (κ3) is 2.84. The van der Waals surface area contributed by atoms with Crippen LogP contribution in [0.1, 0.15) is 30.9 Å². The zero-order valence-corrected chi connectivity index (χ0v) is 11.5. The lowest BCUT2D eigenvalue weighted by Crippen LogP contribution is -2.41. The van der Waals surface area contributed by atoms with Gasteiger partial charge in [0.25, 0.3) is 0 Å². The number of urea groups is 1. The number of carbonyl (C=O) groups is 1. The second kappa shape index (κ2) is 5.42. The summed E-state index contributed by atoms with van der Waals surface area (Å²) < 4.78 is 0. The van der Waals surface area contributed by atoms with E-state index in [9.17, 15) is 4.79 Å². The summed E-state index contributed by atoms with van der Waals surface area (Å²) in [7, 11) is 0. The average molecular weight is 246 g/mol. The lowest BCUT2D eigenvalue weighted by molar-refractivity contribution is 0.182. The van der Waals surface area contributed by atoms with E-state index in [2.05, 4.69) is 12.2 Å². The molecular formula is C15H22N2O. The first-order valence-corrected chi connectivity index (χ1v) is 6.70. The Hall–Kier alpha value is -1.51. The van der Waals surface area contributed by atoms with E-state index in [0.29, 0.717) is 5.92 Å². The van der Waals surface area contributed by atoms with E-state index in [1.807, 2.05) is 36.9 Å². The fourth-order valence-corrected chi connectivity index (χ4v) is 2.57. The Morgan fingerprint density at radius 2 is 2.00 bits per heavy atom. The molecule has 0 spiro atoms. The van der Waals surface area contributed by atoms with Crippen LogP contribution in [0.15, 0.2) is 18.2 Å². The maximum Gasteiger partial charge on any atom is 0.321 e. The Morgan fingerprint density at radius 1 is 1.33 bits per heavy atom. The van der Waals surface area contributed by atoms with E-state index < -0.39 is 0 Å². The van der Waals surface area contributed by atoms with Crippen molar-refractivity contribution in [2.45, 2.75) is 33.6 Å². The number of likely N-dealkylation sites (tertiary alicyclic amines) is 1. The average Bonchev–Trinajstić information content (AvgIpc) is 2.34. The monoisotopic (exact) mass is 246 g/mol. The highest BCUT2D eigenvalue weighted by molar-refractivity contribution is 5.91. The number of rotatable bonds is 1. The Bertz CT molecular complexity index is 422. The highest BCUT2D eigenvalue weighted by atomic mass is 16.2. The van der Waals surface area contributed by atoms with Gasteiger partial charge in [-0.1, -0.05) is 25.1 Å². The summed E-state index contributed by atoms with van der Waals surface area (Å²) >= 11 is 0. The van der Waals surface area contributed by atoms with E-state index in [0.717, 1.165) is 36.3 Å². The molecule has 0 radical (unpaired) electrons. The molecule has 0 aliphatic carbocycles. The molecule has 0 saturated carbocycles. The first-order valence-electron chi connectivity index (χ1n) is 6.70. The minimum atomic E-state index is 0.0407. The second-order valence-electron chi connectivity index (χ2n) is 5.39. The minimum Gasteiger partial charge on any atom is -0.324 e. The number of hydrogen-bond acceptors (Lipinski definition) is 1. The topological polar surface area (TPSA) is 32.3 Å². The molecule has 1 N–H and O–H groups in total. The highest BCUT2D eigenvalue weighted by Gasteiger charge is 2.21. The van der Waals surface area contributed by atoms with Crippen LogP contribution >= 0.6 is 0 Å². The lowest BCUT2D eigenvalue weighted by atomic mass is 10.0. The summed E-state index contributed by atoms with van der Waals surface area (Å²) in [5.74, 6) is 0.613. The Morgan fingerprint density at radius 3 is 2.61 bits per heavy atom. The number of piperidine rings is 1. The summed E-state index contributed by atoms with van der Waals surface area (Å²) in [5.41, 5.74) is 3.20. The first kappa shape index (κ1) is 12.9. The van der Waals surface area contributed by atoms with Crippen LogP contribution in [-0.2, 0) is 0 Å². The molecule has 2 rings (SSSR count). The number of benzene rings is 1. The number of anilines is 1. The van der Waals surface area contributed by atoms with Crippen LogP contribution in [-0.4, -0.2) is 24.0 Å². The molecule has 0 aromatic heterocycles. The van der Waals surface area contributed by atoms with Gasteiger partial charge in [-0.25, -0.2) is 4.79 Å². The number of nitrogens with one attached hydrogen (secondary N) is 1. The molecule has 0 bridgehead atoms. The summed E-state index contributed by atoms with van der Waals surface area (Å²) in [6.45, 7) is 8.01. The number of amides is 2. The van der Waals surface area contributed by atoms with Crippen molar-refractivity contribution in [2.24, 2.45) is 5.92 Å². The molecule has 3 heteroatoms. The first-order chi connectivity index (χ1) is 8.58. The van der Waals surface area contributed by atoms with Crippen LogP contribution in [0.25, 0.3) is 0 Å². The molecule has 1 aliphatic rings. The van der Waals surface area contributed by atoms with Gasteiger partial charge in [0.1, 0.15) is 0 Å². The number of carbonyl (C=O) groups excluding carboxylic acids is 1. The summed E-state index contributed by atoms with van der Waals surface area (Å²) in [5, 5.41) is 3.06. The number of nitrogens with zero attached hydrogens (tertiary/aromatic N) is 1. The van der Waals surface area contributed by atoms with E-state index >= 15 is 0 Å². The molecule has 3 nitrogen and oxygen atoms in total. The van der Waals surface area contributed by atoms with Crippen LogP contribution in [0.3, 0.4) is 0 Å². The number of para-hydroxylation sites is 1. The lowest BCUT2D eigenvalue weighted by Gasteiger charge is -2.31. The van der Waals surface area contributed by atoms with Crippen molar-refractivity contribution in [3.05, 3.63) is 29.3 Å². The SMILES string of the molecule is Cc1cccc(C)c1NC(=O)N1CCCC(C)C1. The molecule has 1 unspecified atom stereocenters. The van der Waals surface area contributed by atoms with Crippen LogP contribution < -0.4 is 5.32 Å². The number of hydrogen-bond donors (Lipinski definition) is 1. The molecule has 1 aromatic carbocycles. The van der Waals surface area contributed by atoms with Gasteiger partial charge in [-0.05, 0) is 43.7 Å². The molecule has 1 heterocycles. The summed E-state index contributed by atoms with van der Waals surface area (Å²) in [6.07, 6.45) is 2.34. The quantitative estimate of drug-likeness (QED) is 0.807. The van der Waals surface area contributed by atoms with Crippen LogP contribution in [0.5, 0.6) is 0 Å². The van der Waals surface area contributed by atoms with Crippen LogP contribution in [0, 0.1) is 19.8 Å². The Kier molecular flexibility index (Phi) is 3.90. The zero-order valence-electron chi connectivity index (χ0n) is 11.5. The predicted molar refractivity (Wildman–Crippen MR) is 74.9 cm³/mol. The van der Waals surface area contributed by atoms with Gasteiger partial charge in [-0.15, -0.1) is 0 Å². The molecule has 1 aromatic rings. The summed E-state index contributed by atoms with van der Waals surface area (Å²) in [6, 6.07) is 6.12. The molecule has 1 saturated heterocycles. The van der Waals surface area contributed by atoms with Crippen molar-refractivity contribution in [1.29, 1.82) is 0 Å². The third-order valence-electron chi connectivity index (χ3n) is 3.66. The van der Waals surface area contributed by atoms with Crippen molar-refractivity contribution < 1.29 is 4.79 Å². The van der Waals surface area contributed by atoms with Gasteiger partial charge in [0, 0.05) is 18.8 Å². The molecule has 1 atom stereocenters. The molecule has 1 fully saturated rings. The smallest absolute Gasteiger partial charge is 0.321 e. The van der Waals surface area contributed by atoms with E-state index in [1.54, 1.807) is 0 Å².